The molecule has 0 unspecified atom stereocenters. The first-order valence-corrected chi connectivity index (χ1v) is 11.0. The van der Waals surface area contributed by atoms with Gasteiger partial charge in [0.1, 0.15) is 0 Å². The number of carbonyl (C=O) groups excluding carboxylic acids is 2. The van der Waals surface area contributed by atoms with Crippen LogP contribution in [-0.4, -0.2) is 65.6 Å². The molecule has 0 saturated heterocycles. The number of hydrogen-bond acceptors (Lipinski definition) is 9. The summed E-state index contributed by atoms with van der Waals surface area (Å²) in [5.74, 6) is -1.67. The number of aromatic nitrogens is 2. The van der Waals surface area contributed by atoms with E-state index in [1.165, 1.54) is 18.9 Å². The lowest BCUT2D eigenvalue weighted by Gasteiger charge is -2.22. The lowest BCUT2D eigenvalue weighted by molar-refractivity contribution is -0.154. The molecule has 12 heteroatoms. The van der Waals surface area contributed by atoms with Crippen LogP contribution < -0.4 is 16.2 Å². The van der Waals surface area contributed by atoms with Crippen molar-refractivity contribution in [2.45, 2.75) is 37.3 Å². The Morgan fingerprint density at radius 2 is 2.10 bits per heavy atom. The molecule has 1 aliphatic rings. The Morgan fingerprint density at radius 1 is 1.40 bits per heavy atom. The monoisotopic (exact) mass is 444 g/mol. The van der Waals surface area contributed by atoms with E-state index in [1.807, 2.05) is 0 Å². The molecule has 1 heterocycles. The van der Waals surface area contributed by atoms with Gasteiger partial charge in [-0.3, -0.25) is 25.6 Å². The van der Waals surface area contributed by atoms with E-state index < -0.39 is 17.6 Å². The maximum atomic E-state index is 14.7. The van der Waals surface area contributed by atoms with Gasteiger partial charge in [-0.15, -0.1) is 0 Å². The van der Waals surface area contributed by atoms with E-state index in [9.17, 15) is 19.2 Å². The van der Waals surface area contributed by atoms with Crippen LogP contribution in [0.3, 0.4) is 0 Å². The van der Waals surface area contributed by atoms with E-state index in [2.05, 4.69) is 26.1 Å². The first-order valence-electron chi connectivity index (χ1n) is 9.79. The molecule has 0 aliphatic heterocycles. The minimum absolute atomic E-state index is 0.00635. The third kappa shape index (κ3) is 7.26. The highest BCUT2D eigenvalue weighted by Gasteiger charge is 2.27. The topological polar surface area (TPSA) is 129 Å². The summed E-state index contributed by atoms with van der Waals surface area (Å²) in [4.78, 5) is 31.6. The molecule has 30 heavy (non-hydrogen) atoms. The van der Waals surface area contributed by atoms with Gasteiger partial charge in [0.2, 0.25) is 18.1 Å². The summed E-state index contributed by atoms with van der Waals surface area (Å²) in [6.07, 6.45) is 6.78. The number of ether oxygens (including phenoxy) is 1. The maximum absolute atomic E-state index is 14.7. The zero-order valence-electron chi connectivity index (χ0n) is 17.2. The van der Waals surface area contributed by atoms with E-state index in [4.69, 9.17) is 4.74 Å². The van der Waals surface area contributed by atoms with Crippen LogP contribution in [-0.2, 0) is 14.3 Å². The van der Waals surface area contributed by atoms with E-state index >= 15 is 0 Å². The average Bonchev–Trinajstić information content (AvgIpc) is 3.26. The molecule has 0 aromatic carbocycles. The lowest BCUT2D eigenvalue weighted by Crippen LogP contribution is -2.41. The molecule has 1 aliphatic carbocycles. The predicted octanol–water partition coefficient (Wildman–Crippen LogP) is 1.88. The van der Waals surface area contributed by atoms with Crippen molar-refractivity contribution in [1.29, 1.82) is 0 Å². The number of thioether (sulfide) groups is 1. The fourth-order valence-electron chi connectivity index (χ4n) is 3.39. The van der Waals surface area contributed by atoms with Crippen LogP contribution in [0.15, 0.2) is 5.16 Å². The number of nitrogens with one attached hydrogen (secondary N) is 3. The zero-order chi connectivity index (χ0) is 21.9. The van der Waals surface area contributed by atoms with Gasteiger partial charge >= 0.3 is 0 Å². The molecule has 2 rings (SSSR count). The summed E-state index contributed by atoms with van der Waals surface area (Å²) in [5.41, 5.74) is 4.97. The summed E-state index contributed by atoms with van der Waals surface area (Å²) >= 11 is 1.23. The molecule has 0 radical (unpaired) electrons. The summed E-state index contributed by atoms with van der Waals surface area (Å²) < 4.78 is 19.6. The fourth-order valence-corrected chi connectivity index (χ4v) is 3.76. The highest BCUT2D eigenvalue weighted by molar-refractivity contribution is 7.98. The van der Waals surface area contributed by atoms with Crippen LogP contribution in [0.1, 0.15) is 32.1 Å². The maximum Gasteiger partial charge on any atom is 0.243 e. The van der Waals surface area contributed by atoms with Gasteiger partial charge in [-0.25, -0.2) is 15.0 Å². The Balaban J connectivity index is 2.06. The van der Waals surface area contributed by atoms with E-state index in [0.29, 0.717) is 35.7 Å². The molecule has 4 N–H and O–H groups in total. The second-order valence-electron chi connectivity index (χ2n) is 7.07. The van der Waals surface area contributed by atoms with Crippen LogP contribution in [0.25, 0.3) is 0 Å². The number of halogens is 1. The van der Waals surface area contributed by atoms with Crippen LogP contribution in [0, 0.1) is 17.7 Å². The molecular weight excluding hydrogens is 415 g/mol. The molecule has 1 fully saturated rings. The van der Waals surface area contributed by atoms with Crippen molar-refractivity contribution < 1.29 is 23.9 Å². The Morgan fingerprint density at radius 3 is 2.73 bits per heavy atom. The van der Waals surface area contributed by atoms with Crippen LogP contribution in [0.5, 0.6) is 0 Å². The van der Waals surface area contributed by atoms with E-state index in [-0.39, 0.29) is 24.6 Å². The zero-order valence-corrected chi connectivity index (χ0v) is 18.0. The Hall–Kier alpha value is -2.18. The summed E-state index contributed by atoms with van der Waals surface area (Å²) in [6.45, 7) is 0.583. The van der Waals surface area contributed by atoms with Gasteiger partial charge in [-0.05, 0) is 18.6 Å². The molecule has 1 aromatic rings. The van der Waals surface area contributed by atoms with Gasteiger partial charge in [0.15, 0.2) is 16.8 Å². The standard InChI is InChI=1S/C18H29FN6O4S/c1-29-8-7-20-15-14(19)16(22-18(21-15)30-2)23-24-17(27)13(10-25(28)11-26)9-12-5-3-4-6-12/h11-13,28H,3-10H2,1-2H3,(H,24,27)(H2,20,21,22,23)/t13-/m0/s1. The van der Waals surface area contributed by atoms with Crippen LogP contribution >= 0.6 is 11.8 Å². The summed E-state index contributed by atoms with van der Waals surface area (Å²) in [7, 11) is 1.54. The molecular formula is C18H29FN6O4S. The number of carbonyl (C=O) groups is 2. The largest absolute Gasteiger partial charge is 0.383 e. The minimum Gasteiger partial charge on any atom is -0.383 e. The predicted molar refractivity (Wildman–Crippen MR) is 111 cm³/mol. The van der Waals surface area contributed by atoms with Crippen molar-refractivity contribution in [3.05, 3.63) is 5.82 Å². The van der Waals surface area contributed by atoms with Crippen molar-refractivity contribution in [3.8, 4) is 0 Å². The minimum atomic E-state index is -0.742. The SMILES string of the molecule is COCCNc1nc(SC)nc(NNC(=O)[C@@H](CC2CCCC2)CN(O)C=O)c1F. The number of amides is 2. The first-order chi connectivity index (χ1) is 14.5. The van der Waals surface area contributed by atoms with Crippen molar-refractivity contribution in [1.82, 2.24) is 20.5 Å². The first kappa shape index (κ1) is 24.1. The van der Waals surface area contributed by atoms with Crippen LogP contribution in [0.4, 0.5) is 16.0 Å². The Kier molecular flexibility index (Phi) is 10.0. The number of nitrogens with zero attached hydrogens (tertiary/aromatic N) is 3. The Bertz CT molecular complexity index is 707. The van der Waals surface area contributed by atoms with Crippen molar-refractivity contribution in [2.75, 3.05) is 43.8 Å². The molecule has 1 saturated carbocycles. The molecule has 1 atom stereocenters. The van der Waals surface area contributed by atoms with Crippen molar-refractivity contribution in [3.63, 3.8) is 0 Å². The second-order valence-corrected chi connectivity index (χ2v) is 7.84. The molecule has 10 nitrogen and oxygen atoms in total. The summed E-state index contributed by atoms with van der Waals surface area (Å²) in [6, 6.07) is 0. The van der Waals surface area contributed by atoms with Gasteiger partial charge in [0.25, 0.3) is 0 Å². The second kappa shape index (κ2) is 12.5. The third-order valence-electron chi connectivity index (χ3n) is 4.91. The molecule has 0 spiro atoms. The lowest BCUT2D eigenvalue weighted by atomic mass is 9.92. The normalized spacial score (nSPS) is 14.9. The highest BCUT2D eigenvalue weighted by Crippen LogP contribution is 2.30. The number of hydrazine groups is 1. The van der Waals surface area contributed by atoms with Crippen LogP contribution in [0.2, 0.25) is 0 Å². The van der Waals surface area contributed by atoms with E-state index in [1.54, 1.807) is 6.26 Å². The van der Waals surface area contributed by atoms with Crippen molar-refractivity contribution in [2.24, 2.45) is 11.8 Å². The highest BCUT2D eigenvalue weighted by atomic mass is 32.2. The van der Waals surface area contributed by atoms with Crippen molar-refractivity contribution >= 4 is 35.7 Å². The van der Waals surface area contributed by atoms with Gasteiger partial charge in [-0.1, -0.05) is 37.4 Å². The number of hydrogen-bond donors (Lipinski definition) is 4. The van der Waals surface area contributed by atoms with Gasteiger partial charge in [0, 0.05) is 13.7 Å². The number of rotatable bonds is 13. The smallest absolute Gasteiger partial charge is 0.243 e. The fraction of sp³-hybridized carbons (Fsp3) is 0.667. The average molecular weight is 445 g/mol. The Labute approximate surface area is 179 Å². The van der Waals surface area contributed by atoms with Gasteiger partial charge in [-0.2, -0.15) is 4.39 Å². The third-order valence-corrected chi connectivity index (χ3v) is 5.46. The number of anilines is 2. The quantitative estimate of drug-likeness (QED) is 0.0900. The van der Waals surface area contributed by atoms with Gasteiger partial charge in [0.05, 0.1) is 19.1 Å². The molecule has 168 valence electrons. The molecule has 1 aromatic heterocycles. The van der Waals surface area contributed by atoms with E-state index in [0.717, 1.165) is 25.7 Å². The number of hydroxylamine groups is 2. The molecule has 2 amide bonds. The van der Waals surface area contributed by atoms with Gasteiger partial charge < -0.3 is 10.1 Å². The number of methoxy groups -OCH3 is 1. The summed E-state index contributed by atoms with van der Waals surface area (Å²) in [5, 5.41) is 13.1. The molecule has 0 bridgehead atoms.